The van der Waals surface area contributed by atoms with E-state index in [1.165, 1.54) is 18.2 Å². The van der Waals surface area contributed by atoms with Crippen LogP contribution < -0.4 is 0 Å². The molecule has 1 aliphatic rings. The van der Waals surface area contributed by atoms with Crippen molar-refractivity contribution in [2.75, 3.05) is 13.2 Å². The number of halogens is 2. The molecular formula is C23H24F2N2O2. The number of aryl methyl sites for hydroxylation is 1. The van der Waals surface area contributed by atoms with Gasteiger partial charge in [-0.05, 0) is 30.7 Å². The third kappa shape index (κ3) is 4.89. The van der Waals surface area contributed by atoms with E-state index >= 15 is 0 Å². The molecule has 1 aromatic heterocycles. The quantitative estimate of drug-likeness (QED) is 0.587. The lowest BCUT2D eigenvalue weighted by Gasteiger charge is -2.32. The molecule has 3 aromatic rings. The van der Waals surface area contributed by atoms with Gasteiger partial charge in [0, 0.05) is 43.1 Å². The molecule has 0 saturated carbocycles. The van der Waals surface area contributed by atoms with E-state index in [1.807, 2.05) is 19.1 Å². The highest BCUT2D eigenvalue weighted by Crippen LogP contribution is 2.27. The van der Waals surface area contributed by atoms with Crippen LogP contribution in [0.1, 0.15) is 22.6 Å². The van der Waals surface area contributed by atoms with E-state index in [0.717, 1.165) is 17.0 Å². The molecular weight excluding hydrogens is 374 g/mol. The largest absolute Gasteiger partial charge is 0.379 e. The molecule has 1 saturated heterocycles. The summed E-state index contributed by atoms with van der Waals surface area (Å²) >= 11 is 0. The minimum absolute atomic E-state index is 0.0880. The van der Waals surface area contributed by atoms with Crippen molar-refractivity contribution in [2.45, 2.75) is 32.5 Å². The minimum atomic E-state index is -0.267. The number of nitrogens with zero attached hydrogens (tertiary/aromatic N) is 2. The smallest absolute Gasteiger partial charge is 0.137 e. The first-order chi connectivity index (χ1) is 14.1. The van der Waals surface area contributed by atoms with Crippen LogP contribution >= 0.6 is 0 Å². The molecule has 29 heavy (non-hydrogen) atoms. The average molecular weight is 398 g/mol. The second kappa shape index (κ2) is 8.84. The van der Waals surface area contributed by atoms with Crippen molar-refractivity contribution in [2.24, 2.45) is 5.92 Å². The normalized spacial score (nSPS) is 19.2. The van der Waals surface area contributed by atoms with Crippen LogP contribution in [0.5, 0.6) is 0 Å². The molecule has 0 N–H and O–H groups in total. The lowest BCUT2D eigenvalue weighted by molar-refractivity contribution is 0.126. The standard InChI is InChI=1S/C23H24F2N2O2/c1-16-10-21(29-26-16)11-19-14-28-15-23(19)27(12-17-6-8-20(24)9-7-17)13-18-4-2-3-5-22(18)25/h2-10,19,23H,11-15H2,1H3/t19-,23-/m1/s1. The topological polar surface area (TPSA) is 38.5 Å². The van der Waals surface area contributed by atoms with E-state index in [-0.39, 0.29) is 23.6 Å². The molecule has 0 aliphatic carbocycles. The zero-order chi connectivity index (χ0) is 20.2. The molecule has 0 spiro atoms. The molecule has 1 fully saturated rings. The Labute approximate surface area is 169 Å². The average Bonchev–Trinajstić information content (AvgIpc) is 3.34. The number of rotatable bonds is 7. The maximum atomic E-state index is 14.3. The highest BCUT2D eigenvalue weighted by molar-refractivity contribution is 5.20. The van der Waals surface area contributed by atoms with Crippen LogP contribution in [0.25, 0.3) is 0 Å². The fraction of sp³-hybridized carbons (Fsp3) is 0.348. The fourth-order valence-corrected chi connectivity index (χ4v) is 3.92. The molecule has 2 heterocycles. The van der Waals surface area contributed by atoms with Gasteiger partial charge in [-0.1, -0.05) is 35.5 Å². The summed E-state index contributed by atoms with van der Waals surface area (Å²) in [4.78, 5) is 2.21. The summed E-state index contributed by atoms with van der Waals surface area (Å²) in [6, 6.07) is 15.3. The molecule has 2 atom stereocenters. The van der Waals surface area contributed by atoms with Gasteiger partial charge in [-0.2, -0.15) is 0 Å². The van der Waals surface area contributed by atoms with Gasteiger partial charge >= 0.3 is 0 Å². The number of benzene rings is 2. The first-order valence-electron chi connectivity index (χ1n) is 9.80. The van der Waals surface area contributed by atoms with Gasteiger partial charge in [0.1, 0.15) is 17.4 Å². The van der Waals surface area contributed by atoms with E-state index in [9.17, 15) is 8.78 Å². The third-order valence-corrected chi connectivity index (χ3v) is 5.40. The first-order valence-corrected chi connectivity index (χ1v) is 9.80. The zero-order valence-electron chi connectivity index (χ0n) is 16.4. The summed E-state index contributed by atoms with van der Waals surface area (Å²) in [6.07, 6.45) is 0.711. The summed E-state index contributed by atoms with van der Waals surface area (Å²) < 4.78 is 38.9. The van der Waals surface area contributed by atoms with Gasteiger partial charge in [-0.3, -0.25) is 4.90 Å². The van der Waals surface area contributed by atoms with Crippen molar-refractivity contribution >= 4 is 0 Å². The first kappa shape index (κ1) is 19.7. The second-order valence-corrected chi connectivity index (χ2v) is 7.63. The summed E-state index contributed by atoms with van der Waals surface area (Å²) in [5.74, 6) is 0.542. The van der Waals surface area contributed by atoms with Crippen LogP contribution in [0.2, 0.25) is 0 Å². The van der Waals surface area contributed by atoms with Crippen LogP contribution in [0.3, 0.4) is 0 Å². The highest BCUT2D eigenvalue weighted by atomic mass is 19.1. The van der Waals surface area contributed by atoms with Gasteiger partial charge in [0.25, 0.3) is 0 Å². The van der Waals surface area contributed by atoms with E-state index in [2.05, 4.69) is 10.1 Å². The van der Waals surface area contributed by atoms with Crippen molar-refractivity contribution in [1.82, 2.24) is 10.1 Å². The Hall–Kier alpha value is -2.57. The van der Waals surface area contributed by atoms with Crippen molar-refractivity contribution < 1.29 is 18.0 Å². The lowest BCUT2D eigenvalue weighted by Crippen LogP contribution is -2.40. The molecule has 0 unspecified atom stereocenters. The SMILES string of the molecule is Cc1cc(C[C@@H]2COC[C@H]2N(Cc2ccc(F)cc2)Cc2ccccc2F)on1. The Morgan fingerprint density at radius 2 is 1.83 bits per heavy atom. The van der Waals surface area contributed by atoms with Gasteiger partial charge < -0.3 is 9.26 Å². The lowest BCUT2D eigenvalue weighted by atomic mass is 9.95. The summed E-state index contributed by atoms with van der Waals surface area (Å²) in [7, 11) is 0. The van der Waals surface area contributed by atoms with Gasteiger partial charge in [0.05, 0.1) is 18.9 Å². The minimum Gasteiger partial charge on any atom is -0.379 e. The number of aromatic nitrogens is 1. The van der Waals surface area contributed by atoms with Crippen molar-refractivity contribution in [3.8, 4) is 0 Å². The molecule has 1 aliphatic heterocycles. The molecule has 0 radical (unpaired) electrons. The fourth-order valence-electron chi connectivity index (χ4n) is 3.92. The van der Waals surface area contributed by atoms with Crippen molar-refractivity contribution in [3.05, 3.63) is 88.8 Å². The molecule has 4 rings (SSSR count). The van der Waals surface area contributed by atoms with Crippen molar-refractivity contribution in [3.63, 3.8) is 0 Å². The van der Waals surface area contributed by atoms with E-state index in [4.69, 9.17) is 9.26 Å². The van der Waals surface area contributed by atoms with E-state index in [0.29, 0.717) is 38.3 Å². The number of hydrogen-bond donors (Lipinski definition) is 0. The molecule has 6 heteroatoms. The molecule has 0 amide bonds. The highest BCUT2D eigenvalue weighted by Gasteiger charge is 2.34. The number of hydrogen-bond acceptors (Lipinski definition) is 4. The predicted octanol–water partition coefficient (Wildman–Crippen LogP) is 4.52. The van der Waals surface area contributed by atoms with E-state index in [1.54, 1.807) is 24.3 Å². The maximum Gasteiger partial charge on any atom is 0.137 e. The Morgan fingerprint density at radius 1 is 1.03 bits per heavy atom. The Kier molecular flexibility index (Phi) is 6.02. The van der Waals surface area contributed by atoms with Crippen LogP contribution in [0.4, 0.5) is 8.78 Å². The predicted molar refractivity (Wildman–Crippen MR) is 105 cm³/mol. The molecule has 0 bridgehead atoms. The number of ether oxygens (including phenoxy) is 1. The maximum absolute atomic E-state index is 14.3. The summed E-state index contributed by atoms with van der Waals surface area (Å²) in [6.45, 7) is 4.10. The van der Waals surface area contributed by atoms with Gasteiger partial charge in [0.15, 0.2) is 0 Å². The Bertz CT molecular complexity index is 942. The van der Waals surface area contributed by atoms with Crippen LogP contribution in [-0.4, -0.2) is 29.3 Å². The monoisotopic (exact) mass is 398 g/mol. The van der Waals surface area contributed by atoms with Crippen LogP contribution in [-0.2, 0) is 24.2 Å². The van der Waals surface area contributed by atoms with Crippen molar-refractivity contribution in [1.29, 1.82) is 0 Å². The third-order valence-electron chi connectivity index (χ3n) is 5.40. The van der Waals surface area contributed by atoms with Gasteiger partial charge in [0.2, 0.25) is 0 Å². The van der Waals surface area contributed by atoms with E-state index < -0.39 is 0 Å². The van der Waals surface area contributed by atoms with Gasteiger partial charge in [-0.25, -0.2) is 8.78 Å². The van der Waals surface area contributed by atoms with Crippen LogP contribution in [0, 0.1) is 24.5 Å². The Morgan fingerprint density at radius 3 is 2.55 bits per heavy atom. The molecule has 4 nitrogen and oxygen atoms in total. The van der Waals surface area contributed by atoms with Crippen LogP contribution in [0.15, 0.2) is 59.1 Å². The zero-order valence-corrected chi connectivity index (χ0v) is 16.4. The Balaban J connectivity index is 1.57. The van der Waals surface area contributed by atoms with Gasteiger partial charge in [-0.15, -0.1) is 0 Å². The molecule has 2 aromatic carbocycles. The summed E-state index contributed by atoms with van der Waals surface area (Å²) in [5.41, 5.74) is 2.46. The second-order valence-electron chi connectivity index (χ2n) is 7.63. The molecule has 152 valence electrons. The summed E-state index contributed by atoms with van der Waals surface area (Å²) in [5, 5.41) is 3.97.